The van der Waals surface area contributed by atoms with Crippen LogP contribution in [-0.2, 0) is 9.53 Å². The SMILES string of the molecule is CC(C)(C)OC(=O)N1C[C@@H](Nc2ccccc2C#N)C[C@H]1C(=O)N1CCCC1C#N. The van der Waals surface area contributed by atoms with Gasteiger partial charge < -0.3 is 15.0 Å². The molecule has 8 nitrogen and oxygen atoms in total. The lowest BCUT2D eigenvalue weighted by Crippen LogP contribution is -2.50. The van der Waals surface area contributed by atoms with Crippen LogP contribution in [0.5, 0.6) is 0 Å². The normalized spacial score (nSPS) is 23.6. The standard InChI is InChI=1S/C22H27N5O3/c1-22(2,3)30-21(29)27-14-16(25-18-9-5-4-7-15(18)12-23)11-19(27)20(28)26-10-6-8-17(26)13-24/h4-5,7,9,16-17,19,25H,6,8,10-11,14H2,1-3H3/t16-,17?,19-/m0/s1. The minimum Gasteiger partial charge on any atom is -0.444 e. The molecular weight excluding hydrogens is 382 g/mol. The van der Waals surface area contributed by atoms with Crippen molar-refractivity contribution in [3.05, 3.63) is 29.8 Å². The molecule has 0 aliphatic carbocycles. The number of nitrogens with zero attached hydrogens (tertiary/aromatic N) is 4. The molecule has 1 aromatic rings. The number of amides is 2. The molecule has 0 bridgehead atoms. The summed E-state index contributed by atoms with van der Waals surface area (Å²) in [7, 11) is 0. The van der Waals surface area contributed by atoms with Crippen molar-refractivity contribution in [3.8, 4) is 12.1 Å². The van der Waals surface area contributed by atoms with E-state index in [2.05, 4.69) is 17.5 Å². The summed E-state index contributed by atoms with van der Waals surface area (Å²) in [4.78, 5) is 29.1. The Morgan fingerprint density at radius 3 is 2.60 bits per heavy atom. The Labute approximate surface area is 177 Å². The summed E-state index contributed by atoms with van der Waals surface area (Å²) >= 11 is 0. The van der Waals surface area contributed by atoms with Crippen LogP contribution in [0.3, 0.4) is 0 Å². The summed E-state index contributed by atoms with van der Waals surface area (Å²) in [5.74, 6) is -0.220. The van der Waals surface area contributed by atoms with Gasteiger partial charge in [-0.05, 0) is 52.2 Å². The number of ether oxygens (including phenoxy) is 1. The second-order valence-electron chi connectivity index (χ2n) is 8.70. The number of likely N-dealkylation sites (tertiary alicyclic amines) is 2. The topological polar surface area (TPSA) is 109 Å². The van der Waals surface area contributed by atoms with E-state index in [-0.39, 0.29) is 18.5 Å². The number of para-hydroxylation sites is 1. The van der Waals surface area contributed by atoms with E-state index in [0.29, 0.717) is 30.6 Å². The second kappa shape index (κ2) is 8.62. The number of anilines is 1. The van der Waals surface area contributed by atoms with Gasteiger partial charge in [-0.3, -0.25) is 9.69 Å². The third-order valence-electron chi connectivity index (χ3n) is 5.31. The molecule has 0 spiro atoms. The Bertz CT molecular complexity index is 895. The fourth-order valence-electron chi connectivity index (χ4n) is 3.98. The molecule has 2 fully saturated rings. The molecule has 1 unspecified atom stereocenters. The van der Waals surface area contributed by atoms with Gasteiger partial charge in [-0.2, -0.15) is 10.5 Å². The molecule has 0 saturated carbocycles. The van der Waals surface area contributed by atoms with Gasteiger partial charge in [0.1, 0.15) is 23.8 Å². The van der Waals surface area contributed by atoms with Gasteiger partial charge >= 0.3 is 6.09 Å². The highest BCUT2D eigenvalue weighted by molar-refractivity contribution is 5.87. The summed E-state index contributed by atoms with van der Waals surface area (Å²) in [6.45, 7) is 6.13. The van der Waals surface area contributed by atoms with Crippen molar-refractivity contribution in [3.63, 3.8) is 0 Å². The number of carbonyl (C=O) groups excluding carboxylic acids is 2. The van der Waals surface area contributed by atoms with Gasteiger partial charge in [0.2, 0.25) is 5.91 Å². The minimum atomic E-state index is -0.708. The highest BCUT2D eigenvalue weighted by Crippen LogP contribution is 2.28. The average molecular weight is 409 g/mol. The Balaban J connectivity index is 1.82. The molecule has 8 heteroatoms. The summed E-state index contributed by atoms with van der Waals surface area (Å²) in [6, 6.07) is 10.1. The predicted molar refractivity (Wildman–Crippen MR) is 110 cm³/mol. The monoisotopic (exact) mass is 409 g/mol. The molecule has 1 N–H and O–H groups in total. The molecule has 30 heavy (non-hydrogen) atoms. The summed E-state index contributed by atoms with van der Waals surface area (Å²) in [6.07, 6.45) is 1.26. The van der Waals surface area contributed by atoms with E-state index in [1.165, 1.54) is 4.90 Å². The third-order valence-corrected chi connectivity index (χ3v) is 5.31. The number of hydrogen-bond acceptors (Lipinski definition) is 6. The van der Waals surface area contributed by atoms with Crippen LogP contribution >= 0.6 is 0 Å². The highest BCUT2D eigenvalue weighted by atomic mass is 16.6. The van der Waals surface area contributed by atoms with Gasteiger partial charge in [0.25, 0.3) is 0 Å². The van der Waals surface area contributed by atoms with Crippen molar-refractivity contribution >= 4 is 17.7 Å². The van der Waals surface area contributed by atoms with E-state index in [1.807, 2.05) is 6.07 Å². The quantitative estimate of drug-likeness (QED) is 0.822. The minimum absolute atomic E-state index is 0.218. The zero-order valence-corrected chi connectivity index (χ0v) is 17.6. The van der Waals surface area contributed by atoms with Crippen LogP contribution in [0.15, 0.2) is 24.3 Å². The number of hydrogen-bond donors (Lipinski definition) is 1. The van der Waals surface area contributed by atoms with Crippen molar-refractivity contribution in [2.75, 3.05) is 18.4 Å². The summed E-state index contributed by atoms with van der Waals surface area (Å²) in [5, 5.41) is 22.0. The first-order chi connectivity index (χ1) is 14.2. The fraction of sp³-hybridized carbons (Fsp3) is 0.545. The van der Waals surface area contributed by atoms with Crippen LogP contribution in [0.25, 0.3) is 0 Å². The van der Waals surface area contributed by atoms with Gasteiger partial charge in [0, 0.05) is 19.1 Å². The van der Waals surface area contributed by atoms with E-state index in [9.17, 15) is 20.1 Å². The summed E-state index contributed by atoms with van der Waals surface area (Å²) < 4.78 is 5.53. The predicted octanol–water partition coefficient (Wildman–Crippen LogP) is 2.86. The maximum absolute atomic E-state index is 13.3. The van der Waals surface area contributed by atoms with Crippen LogP contribution in [0.2, 0.25) is 0 Å². The molecule has 2 aliphatic heterocycles. The van der Waals surface area contributed by atoms with E-state index >= 15 is 0 Å². The van der Waals surface area contributed by atoms with Crippen LogP contribution in [0.4, 0.5) is 10.5 Å². The smallest absolute Gasteiger partial charge is 0.411 e. The summed E-state index contributed by atoms with van der Waals surface area (Å²) in [5.41, 5.74) is 0.477. The molecule has 3 atom stereocenters. The molecule has 158 valence electrons. The number of nitrogens with one attached hydrogen (secondary N) is 1. The number of carbonyl (C=O) groups is 2. The molecule has 0 radical (unpaired) electrons. The van der Waals surface area contributed by atoms with Crippen molar-refractivity contribution < 1.29 is 14.3 Å². The Kier molecular flexibility index (Phi) is 6.17. The van der Waals surface area contributed by atoms with Crippen LogP contribution in [-0.4, -0.2) is 58.6 Å². The van der Waals surface area contributed by atoms with Gasteiger partial charge in [-0.25, -0.2) is 4.79 Å². The number of nitriles is 2. The lowest BCUT2D eigenvalue weighted by molar-refractivity contribution is -0.135. The first-order valence-electron chi connectivity index (χ1n) is 10.2. The van der Waals surface area contributed by atoms with Crippen LogP contribution < -0.4 is 5.32 Å². The molecule has 0 aromatic heterocycles. The molecular formula is C22H27N5O3. The van der Waals surface area contributed by atoms with Gasteiger partial charge in [-0.1, -0.05) is 12.1 Å². The maximum atomic E-state index is 13.3. The molecule has 3 rings (SSSR count). The lowest BCUT2D eigenvalue weighted by atomic mass is 10.1. The van der Waals surface area contributed by atoms with Crippen molar-refractivity contribution in [1.29, 1.82) is 10.5 Å². The molecule has 2 saturated heterocycles. The van der Waals surface area contributed by atoms with E-state index in [0.717, 1.165) is 6.42 Å². The molecule has 2 amide bonds. The zero-order valence-electron chi connectivity index (χ0n) is 17.6. The van der Waals surface area contributed by atoms with E-state index < -0.39 is 23.8 Å². The fourth-order valence-corrected chi connectivity index (χ4v) is 3.98. The molecule has 2 heterocycles. The first kappa shape index (κ1) is 21.4. The Hall–Kier alpha value is -3.26. The van der Waals surface area contributed by atoms with Crippen LogP contribution in [0.1, 0.15) is 45.6 Å². The Morgan fingerprint density at radius 2 is 1.93 bits per heavy atom. The van der Waals surface area contributed by atoms with E-state index in [1.54, 1.807) is 43.9 Å². The molecule has 1 aromatic carbocycles. The maximum Gasteiger partial charge on any atom is 0.411 e. The van der Waals surface area contributed by atoms with Crippen LogP contribution in [0, 0.1) is 22.7 Å². The van der Waals surface area contributed by atoms with Gasteiger partial charge in [0.05, 0.1) is 17.3 Å². The number of benzene rings is 1. The van der Waals surface area contributed by atoms with Crippen molar-refractivity contribution in [1.82, 2.24) is 9.80 Å². The van der Waals surface area contributed by atoms with Gasteiger partial charge in [-0.15, -0.1) is 0 Å². The van der Waals surface area contributed by atoms with Gasteiger partial charge in [0.15, 0.2) is 0 Å². The largest absolute Gasteiger partial charge is 0.444 e. The van der Waals surface area contributed by atoms with Crippen molar-refractivity contribution in [2.24, 2.45) is 0 Å². The van der Waals surface area contributed by atoms with Crippen molar-refractivity contribution in [2.45, 2.75) is 63.8 Å². The Morgan fingerprint density at radius 1 is 1.20 bits per heavy atom. The third kappa shape index (κ3) is 4.65. The molecule has 2 aliphatic rings. The lowest BCUT2D eigenvalue weighted by Gasteiger charge is -2.30. The van der Waals surface area contributed by atoms with E-state index in [4.69, 9.17) is 4.74 Å². The average Bonchev–Trinajstić information content (AvgIpc) is 3.33. The number of rotatable bonds is 3. The highest BCUT2D eigenvalue weighted by Gasteiger charge is 2.45. The zero-order chi connectivity index (χ0) is 21.9. The second-order valence-corrected chi connectivity index (χ2v) is 8.70. The first-order valence-corrected chi connectivity index (χ1v) is 10.2.